The van der Waals surface area contributed by atoms with E-state index in [2.05, 4.69) is 26.8 Å². The van der Waals surface area contributed by atoms with Crippen LogP contribution < -0.4 is 0 Å². The molecule has 18 heteroatoms. The van der Waals surface area contributed by atoms with Crippen LogP contribution in [0, 0.1) is 37.0 Å². The molecule has 0 radical (unpaired) electrons. The summed E-state index contributed by atoms with van der Waals surface area (Å²) in [5.41, 5.74) is 0. The average Bonchev–Trinajstić information content (AvgIpc) is 2.88. The summed E-state index contributed by atoms with van der Waals surface area (Å²) in [4.78, 5) is 19.1. The third kappa shape index (κ3) is 19.0. The fourth-order valence-electron chi connectivity index (χ4n) is 1.99. The molecular weight excluding hydrogens is 573 g/mol. The van der Waals surface area contributed by atoms with E-state index in [9.17, 15) is 23.5 Å². The third-order valence-corrected chi connectivity index (χ3v) is 7.12. The summed E-state index contributed by atoms with van der Waals surface area (Å²) in [6.07, 6.45) is 13.4. The maximum Gasteiger partial charge on any atom is 0.475 e. The molecule has 5 atom stereocenters. The predicted molar refractivity (Wildman–Crippen MR) is 132 cm³/mol. The fraction of sp³-hybridized carbons (Fsp3) is 0.700. The van der Waals surface area contributed by atoms with Gasteiger partial charge < -0.3 is 24.4 Å². The summed E-state index contributed by atoms with van der Waals surface area (Å²) >= 11 is 0. The van der Waals surface area contributed by atoms with Gasteiger partial charge in [-0.15, -0.1) is 25.2 Å². The van der Waals surface area contributed by atoms with Gasteiger partial charge in [0, 0.05) is 20.1 Å². The Kier molecular flexibility index (Phi) is 20.1. The molecule has 0 aliphatic heterocycles. The molecule has 0 aliphatic carbocycles. The highest BCUT2D eigenvalue weighted by Gasteiger charge is 2.32. The second-order valence-electron chi connectivity index (χ2n) is 6.72. The molecule has 0 aromatic heterocycles. The Bertz CT molecular complexity index is 922. The van der Waals surface area contributed by atoms with Crippen molar-refractivity contribution in [1.82, 2.24) is 0 Å². The van der Waals surface area contributed by atoms with Gasteiger partial charge in [-0.2, -0.15) is 0 Å². The monoisotopic (exact) mass is 606 g/mol. The van der Waals surface area contributed by atoms with Crippen molar-refractivity contribution in [3.8, 4) is 37.0 Å². The van der Waals surface area contributed by atoms with E-state index in [0.717, 1.165) is 7.11 Å². The molecule has 0 spiro atoms. The second-order valence-corrected chi connectivity index (χ2v) is 11.4. The highest BCUT2D eigenvalue weighted by atomic mass is 31.2. The molecule has 0 rings (SSSR count). The highest BCUT2D eigenvalue weighted by Crippen LogP contribution is 2.50. The first-order valence-corrected chi connectivity index (χ1v) is 15.2. The lowest BCUT2D eigenvalue weighted by atomic mass is 10.4. The molecule has 0 bridgehead atoms. The smallest absolute Gasteiger partial charge is 0.396 e. The van der Waals surface area contributed by atoms with Crippen LogP contribution in [-0.4, -0.2) is 93.7 Å². The summed E-state index contributed by atoms with van der Waals surface area (Å²) in [5, 5.41) is 8.74. The van der Waals surface area contributed by atoms with Crippen molar-refractivity contribution in [2.45, 2.75) is 25.0 Å². The maximum absolute atomic E-state index is 13.2. The van der Waals surface area contributed by atoms with Gasteiger partial charge in [0.15, 0.2) is 0 Å². The molecule has 0 aromatic rings. The number of aliphatic hydroxyl groups excluding tert-OH is 1. The topological polar surface area (TPSA) is 195 Å². The second kappa shape index (κ2) is 20.7. The van der Waals surface area contributed by atoms with E-state index in [-0.39, 0.29) is 45.9 Å². The van der Waals surface area contributed by atoms with Crippen molar-refractivity contribution in [2.24, 2.45) is 0 Å². The van der Waals surface area contributed by atoms with Crippen molar-refractivity contribution in [3.05, 3.63) is 0 Å². The standard InChI is InChI=1S/C20H33O15P3/c1-5-8-13-31-38(26,34-17-19(28-11-6-2)15-32-36(22,23)27-4)35-18-20(29-12-7-3)16-33-37(24,25)30-14-9-10-21/h1-3,19-21H,8-18H2,4H3,(H,22,23)(H,24,25). The molecule has 3 N–H and O–H groups in total. The molecule has 38 heavy (non-hydrogen) atoms. The molecule has 0 fully saturated rings. The quantitative estimate of drug-likeness (QED) is 0.0812. The van der Waals surface area contributed by atoms with Crippen molar-refractivity contribution in [3.63, 3.8) is 0 Å². The van der Waals surface area contributed by atoms with Crippen molar-refractivity contribution in [1.29, 1.82) is 0 Å². The van der Waals surface area contributed by atoms with E-state index in [1.807, 2.05) is 0 Å². The van der Waals surface area contributed by atoms with Crippen molar-refractivity contribution < 1.29 is 69.7 Å². The largest absolute Gasteiger partial charge is 0.475 e. The normalized spacial score (nSPS) is 17.6. The summed E-state index contributed by atoms with van der Waals surface area (Å²) < 4.78 is 81.5. The first kappa shape index (κ1) is 36.9. The van der Waals surface area contributed by atoms with Crippen LogP contribution in [0.3, 0.4) is 0 Å². The Morgan fingerprint density at radius 2 is 1.21 bits per heavy atom. The van der Waals surface area contributed by atoms with Gasteiger partial charge in [0.2, 0.25) is 0 Å². The fourth-order valence-corrected chi connectivity index (χ4v) is 4.47. The zero-order chi connectivity index (χ0) is 28.9. The first-order valence-electron chi connectivity index (χ1n) is 10.8. The third-order valence-electron chi connectivity index (χ3n) is 3.77. The van der Waals surface area contributed by atoms with Gasteiger partial charge in [0.1, 0.15) is 25.4 Å². The molecule has 0 amide bonds. The Hall–Kier alpha value is -1.11. The molecule has 218 valence electrons. The zero-order valence-corrected chi connectivity index (χ0v) is 23.4. The Morgan fingerprint density at radius 3 is 1.66 bits per heavy atom. The van der Waals surface area contributed by atoms with Crippen LogP contribution in [0.5, 0.6) is 0 Å². The molecule has 0 heterocycles. The van der Waals surface area contributed by atoms with Crippen LogP contribution in [0.15, 0.2) is 0 Å². The lowest BCUT2D eigenvalue weighted by Crippen LogP contribution is -2.28. The Labute approximate surface area is 222 Å². The SMILES string of the molecule is C#CCCOP(=O)(OCC(COP(=O)(O)OC)OCC#C)OCC(COP(=O)(O)OCCCO)OCC#C. The number of hydrogen-bond acceptors (Lipinski definition) is 13. The van der Waals surface area contributed by atoms with Crippen LogP contribution in [0.25, 0.3) is 0 Å². The summed E-state index contributed by atoms with van der Waals surface area (Å²) in [6, 6.07) is 0. The van der Waals surface area contributed by atoms with Gasteiger partial charge in [-0.25, -0.2) is 13.7 Å². The van der Waals surface area contributed by atoms with Crippen LogP contribution in [0.1, 0.15) is 12.8 Å². The number of rotatable bonds is 24. The number of phosphoric ester groups is 3. The number of ether oxygens (including phenoxy) is 2. The van der Waals surface area contributed by atoms with E-state index < -0.39 is 62.1 Å². The summed E-state index contributed by atoms with van der Waals surface area (Å²) in [6.45, 7) is -3.49. The molecule has 0 saturated carbocycles. The van der Waals surface area contributed by atoms with Gasteiger partial charge in [-0.05, 0) is 6.42 Å². The first-order chi connectivity index (χ1) is 18.0. The number of hydrogen-bond donors (Lipinski definition) is 3. The molecule has 0 aromatic carbocycles. The van der Waals surface area contributed by atoms with E-state index in [4.69, 9.17) is 56.5 Å². The Balaban J connectivity index is 5.33. The lowest BCUT2D eigenvalue weighted by Gasteiger charge is -2.24. The average molecular weight is 606 g/mol. The number of aliphatic hydroxyl groups is 1. The van der Waals surface area contributed by atoms with Crippen LogP contribution in [0.2, 0.25) is 0 Å². The van der Waals surface area contributed by atoms with Gasteiger partial charge in [-0.1, -0.05) is 11.8 Å². The molecular formula is C20H33O15P3. The lowest BCUT2D eigenvalue weighted by molar-refractivity contribution is -0.0284. The minimum atomic E-state index is -4.51. The highest BCUT2D eigenvalue weighted by molar-refractivity contribution is 7.48. The summed E-state index contributed by atoms with van der Waals surface area (Å²) in [7, 11) is -12.3. The summed E-state index contributed by atoms with van der Waals surface area (Å²) in [5.74, 6) is 6.65. The molecule has 0 saturated heterocycles. The van der Waals surface area contributed by atoms with Gasteiger partial charge in [0.05, 0.1) is 39.6 Å². The van der Waals surface area contributed by atoms with Crippen molar-refractivity contribution in [2.75, 3.05) is 66.6 Å². The van der Waals surface area contributed by atoms with Crippen LogP contribution >= 0.6 is 23.5 Å². The zero-order valence-electron chi connectivity index (χ0n) is 20.7. The van der Waals surface area contributed by atoms with Gasteiger partial charge >= 0.3 is 23.5 Å². The molecule has 15 nitrogen and oxygen atoms in total. The maximum atomic E-state index is 13.2. The van der Waals surface area contributed by atoms with Crippen LogP contribution in [0.4, 0.5) is 0 Å². The minimum Gasteiger partial charge on any atom is -0.396 e. The van der Waals surface area contributed by atoms with E-state index >= 15 is 0 Å². The predicted octanol–water partition coefficient (Wildman–Crippen LogP) is 1.48. The van der Waals surface area contributed by atoms with Gasteiger partial charge in [0.25, 0.3) is 0 Å². The number of terminal acetylenes is 3. The van der Waals surface area contributed by atoms with Crippen LogP contribution in [-0.2, 0) is 54.8 Å². The number of phosphoric acid groups is 3. The minimum absolute atomic E-state index is 0.0391. The van der Waals surface area contributed by atoms with E-state index in [0.29, 0.717) is 0 Å². The van der Waals surface area contributed by atoms with Gasteiger partial charge in [-0.3, -0.25) is 31.7 Å². The Morgan fingerprint density at radius 1 is 0.711 bits per heavy atom. The molecule has 0 aliphatic rings. The molecule has 5 unspecified atom stereocenters. The van der Waals surface area contributed by atoms with Crippen molar-refractivity contribution >= 4 is 23.5 Å². The van der Waals surface area contributed by atoms with E-state index in [1.165, 1.54) is 0 Å². The van der Waals surface area contributed by atoms with E-state index in [1.54, 1.807) is 0 Å².